The molecule has 0 aliphatic carbocycles. The zero-order valence-electron chi connectivity index (χ0n) is 13.1. The maximum Gasteiger partial charge on any atom is 0.136 e. The Kier molecular flexibility index (Phi) is 4.98. The molecule has 2 rings (SSSR count). The average molecular weight is 327 g/mol. The SMILES string of the molecule is CC(C)C(N[S+]([O-])C(C)(C)C)c1cc2ccc(F)cc2s1. The van der Waals surface area contributed by atoms with Gasteiger partial charge in [0.1, 0.15) is 10.6 Å². The molecule has 0 aliphatic rings. The number of fused-ring (bicyclic) bond motifs is 1. The molecule has 1 aromatic carbocycles. The summed E-state index contributed by atoms with van der Waals surface area (Å²) in [5.41, 5.74) is 0. The number of halogens is 1. The Bertz CT molecular complexity index is 618. The molecule has 21 heavy (non-hydrogen) atoms. The first-order valence-corrected chi connectivity index (χ1v) is 9.02. The predicted molar refractivity (Wildman–Crippen MR) is 90.4 cm³/mol. The van der Waals surface area contributed by atoms with E-state index in [2.05, 4.69) is 24.6 Å². The molecule has 1 N–H and O–H groups in total. The maximum atomic E-state index is 13.3. The summed E-state index contributed by atoms with van der Waals surface area (Å²) in [4.78, 5) is 1.10. The van der Waals surface area contributed by atoms with Gasteiger partial charge in [-0.3, -0.25) is 0 Å². The lowest BCUT2D eigenvalue weighted by Gasteiger charge is -2.29. The first-order valence-electron chi connectivity index (χ1n) is 7.05. The van der Waals surface area contributed by atoms with Gasteiger partial charge in [-0.25, -0.2) is 4.39 Å². The minimum Gasteiger partial charge on any atom is -0.598 e. The lowest BCUT2D eigenvalue weighted by atomic mass is 10.0. The van der Waals surface area contributed by atoms with Gasteiger partial charge in [0.25, 0.3) is 0 Å². The van der Waals surface area contributed by atoms with E-state index in [-0.39, 0.29) is 16.6 Å². The number of rotatable bonds is 4. The Morgan fingerprint density at radius 1 is 1.24 bits per heavy atom. The Morgan fingerprint density at radius 3 is 2.48 bits per heavy atom. The minimum absolute atomic E-state index is 0.00511. The molecule has 2 atom stereocenters. The van der Waals surface area contributed by atoms with Crippen LogP contribution in [-0.4, -0.2) is 9.30 Å². The van der Waals surface area contributed by atoms with Gasteiger partial charge in [-0.2, -0.15) is 0 Å². The van der Waals surface area contributed by atoms with E-state index in [1.807, 2.05) is 20.8 Å². The average Bonchev–Trinajstić information content (AvgIpc) is 2.76. The van der Waals surface area contributed by atoms with Crippen molar-refractivity contribution in [3.8, 4) is 0 Å². The van der Waals surface area contributed by atoms with E-state index in [4.69, 9.17) is 0 Å². The summed E-state index contributed by atoms with van der Waals surface area (Å²) in [5, 5.41) is 1.03. The molecular weight excluding hydrogens is 305 g/mol. The maximum absolute atomic E-state index is 13.3. The van der Waals surface area contributed by atoms with Crippen molar-refractivity contribution in [2.45, 2.75) is 45.4 Å². The van der Waals surface area contributed by atoms with E-state index in [1.165, 1.54) is 6.07 Å². The molecule has 0 saturated heterocycles. The van der Waals surface area contributed by atoms with Crippen molar-refractivity contribution in [3.05, 3.63) is 35.0 Å². The Labute approximate surface area is 133 Å². The fourth-order valence-corrected chi connectivity index (χ4v) is 4.37. The van der Waals surface area contributed by atoms with E-state index >= 15 is 0 Å². The van der Waals surface area contributed by atoms with E-state index in [1.54, 1.807) is 23.5 Å². The topological polar surface area (TPSA) is 35.1 Å². The van der Waals surface area contributed by atoms with E-state index in [0.29, 0.717) is 5.92 Å². The quantitative estimate of drug-likeness (QED) is 0.820. The van der Waals surface area contributed by atoms with Crippen LogP contribution in [0.2, 0.25) is 0 Å². The molecule has 5 heteroatoms. The normalized spacial score (nSPS) is 15.6. The van der Waals surface area contributed by atoms with Crippen LogP contribution in [0.15, 0.2) is 24.3 Å². The van der Waals surface area contributed by atoms with Gasteiger partial charge in [0.2, 0.25) is 0 Å². The van der Waals surface area contributed by atoms with Gasteiger partial charge in [0.05, 0.1) is 6.04 Å². The van der Waals surface area contributed by atoms with Crippen molar-refractivity contribution < 1.29 is 8.94 Å². The fourth-order valence-electron chi connectivity index (χ4n) is 1.99. The molecule has 2 unspecified atom stereocenters. The molecule has 0 spiro atoms. The molecule has 1 aromatic heterocycles. The van der Waals surface area contributed by atoms with Gasteiger partial charge in [-0.05, 0) is 50.3 Å². The smallest absolute Gasteiger partial charge is 0.136 e. The second kappa shape index (κ2) is 6.24. The largest absolute Gasteiger partial charge is 0.598 e. The molecule has 0 amide bonds. The summed E-state index contributed by atoms with van der Waals surface area (Å²) in [6.45, 7) is 10.1. The zero-order valence-corrected chi connectivity index (χ0v) is 14.7. The molecule has 2 nitrogen and oxygen atoms in total. The summed E-state index contributed by atoms with van der Waals surface area (Å²) < 4.78 is 29.5. The molecule has 1 heterocycles. The molecule has 116 valence electrons. The summed E-state index contributed by atoms with van der Waals surface area (Å²) in [6, 6.07) is 6.90. The van der Waals surface area contributed by atoms with E-state index in [9.17, 15) is 8.94 Å². The number of hydrogen-bond acceptors (Lipinski definition) is 3. The summed E-state index contributed by atoms with van der Waals surface area (Å²) in [7, 11) is 0. The van der Waals surface area contributed by atoms with E-state index in [0.717, 1.165) is 15.0 Å². The van der Waals surface area contributed by atoms with Crippen LogP contribution >= 0.6 is 11.3 Å². The van der Waals surface area contributed by atoms with Crippen molar-refractivity contribution in [1.29, 1.82) is 0 Å². The van der Waals surface area contributed by atoms with Gasteiger partial charge in [0.15, 0.2) is 0 Å². The van der Waals surface area contributed by atoms with Gasteiger partial charge in [0, 0.05) is 20.9 Å². The number of thiophene rings is 1. The van der Waals surface area contributed by atoms with Crippen LogP contribution in [0, 0.1) is 11.7 Å². The first-order chi connectivity index (χ1) is 9.68. The third-order valence-electron chi connectivity index (χ3n) is 3.26. The van der Waals surface area contributed by atoms with Crippen LogP contribution in [0.5, 0.6) is 0 Å². The van der Waals surface area contributed by atoms with Crippen LogP contribution in [-0.2, 0) is 11.4 Å². The fraction of sp³-hybridized carbons (Fsp3) is 0.500. The highest BCUT2D eigenvalue weighted by Gasteiger charge is 2.31. The molecule has 0 saturated carbocycles. The van der Waals surface area contributed by atoms with Crippen LogP contribution in [0.25, 0.3) is 10.1 Å². The highest BCUT2D eigenvalue weighted by atomic mass is 32.2. The minimum atomic E-state index is -1.13. The Balaban J connectivity index is 2.32. The zero-order chi connectivity index (χ0) is 15.8. The van der Waals surface area contributed by atoms with Gasteiger partial charge in [-0.15, -0.1) is 16.1 Å². The van der Waals surface area contributed by atoms with Crippen LogP contribution in [0.3, 0.4) is 0 Å². The highest BCUT2D eigenvalue weighted by molar-refractivity contribution is 7.90. The second-order valence-corrected chi connectivity index (χ2v) is 9.66. The monoisotopic (exact) mass is 327 g/mol. The molecule has 0 aliphatic heterocycles. The molecule has 0 fully saturated rings. The van der Waals surface area contributed by atoms with Crippen molar-refractivity contribution in [2.24, 2.45) is 5.92 Å². The van der Waals surface area contributed by atoms with Gasteiger partial charge >= 0.3 is 0 Å². The van der Waals surface area contributed by atoms with Gasteiger partial charge < -0.3 is 4.55 Å². The predicted octanol–water partition coefficient (Wildman–Crippen LogP) is 4.79. The highest BCUT2D eigenvalue weighted by Crippen LogP contribution is 2.34. The number of nitrogens with one attached hydrogen (secondary N) is 1. The van der Waals surface area contributed by atoms with Gasteiger partial charge in [-0.1, -0.05) is 19.9 Å². The van der Waals surface area contributed by atoms with Crippen LogP contribution in [0.4, 0.5) is 4.39 Å². The van der Waals surface area contributed by atoms with Crippen LogP contribution in [0.1, 0.15) is 45.5 Å². The van der Waals surface area contributed by atoms with Crippen LogP contribution < -0.4 is 4.72 Å². The van der Waals surface area contributed by atoms with Crippen molar-refractivity contribution >= 4 is 32.8 Å². The third kappa shape index (κ3) is 3.97. The number of hydrogen-bond donors (Lipinski definition) is 1. The molecule has 0 radical (unpaired) electrons. The lowest BCUT2D eigenvalue weighted by molar-refractivity contribution is 0.457. The Morgan fingerprint density at radius 2 is 1.90 bits per heavy atom. The third-order valence-corrected chi connectivity index (χ3v) is 6.03. The van der Waals surface area contributed by atoms with E-state index < -0.39 is 11.4 Å². The Hall–Kier alpha value is -0.620. The molecule has 0 bridgehead atoms. The molecular formula is C16H22FNOS2. The standard InChI is InChI=1S/C16H22FNOS2/c1-10(2)15(18-21(19)16(3,4)5)14-8-11-6-7-12(17)9-13(11)20-14/h6-10,15,18H,1-5H3. The lowest BCUT2D eigenvalue weighted by Crippen LogP contribution is -2.42. The summed E-state index contributed by atoms with van der Waals surface area (Å²) in [6.07, 6.45) is 0. The second-order valence-electron chi connectivity index (χ2n) is 6.55. The summed E-state index contributed by atoms with van der Waals surface area (Å²) in [5.74, 6) is 0.0810. The number of benzene rings is 1. The molecule has 2 aromatic rings. The summed E-state index contributed by atoms with van der Waals surface area (Å²) >= 11 is 0.432. The van der Waals surface area contributed by atoms with Crippen molar-refractivity contribution in [1.82, 2.24) is 4.72 Å². The first kappa shape index (κ1) is 16.7. The van der Waals surface area contributed by atoms with Crippen molar-refractivity contribution in [3.63, 3.8) is 0 Å². The van der Waals surface area contributed by atoms with Crippen molar-refractivity contribution in [2.75, 3.05) is 0 Å².